The summed E-state index contributed by atoms with van der Waals surface area (Å²) in [5, 5.41) is 0. The molecule has 0 saturated heterocycles. The Morgan fingerprint density at radius 3 is 2.80 bits per heavy atom. The van der Waals surface area contributed by atoms with Crippen molar-refractivity contribution in [2.75, 3.05) is 7.11 Å². The second kappa shape index (κ2) is 7.04. The Balaban J connectivity index is 2.05. The maximum absolute atomic E-state index is 12.1. The molecule has 134 valence electrons. The average molecular weight is 342 g/mol. The van der Waals surface area contributed by atoms with Crippen molar-refractivity contribution in [1.82, 2.24) is 0 Å². The summed E-state index contributed by atoms with van der Waals surface area (Å²) in [6.07, 6.45) is 5.68. The summed E-state index contributed by atoms with van der Waals surface area (Å²) >= 11 is 0. The molecule has 0 amide bonds. The molecule has 4 bridgehead atoms. The van der Waals surface area contributed by atoms with E-state index in [1.54, 1.807) is 7.11 Å². The summed E-state index contributed by atoms with van der Waals surface area (Å²) in [4.78, 5) is 12.1. The highest BCUT2D eigenvalue weighted by molar-refractivity contribution is 5.90. The van der Waals surface area contributed by atoms with Gasteiger partial charge in [-0.1, -0.05) is 17.7 Å². The summed E-state index contributed by atoms with van der Waals surface area (Å²) < 4.78 is 17.4. The van der Waals surface area contributed by atoms with Gasteiger partial charge < -0.3 is 13.9 Å². The number of esters is 1. The SMILES string of the molecule is C=C(C)C1CCC2=CC(C/C(C)=C\c3cc(C)c(o3)C1OC)OC2=O. The molecule has 25 heavy (non-hydrogen) atoms. The third-order valence-corrected chi connectivity index (χ3v) is 5.03. The third-order valence-electron chi connectivity index (χ3n) is 5.03. The van der Waals surface area contributed by atoms with Gasteiger partial charge in [0.05, 0.1) is 0 Å². The van der Waals surface area contributed by atoms with Crippen LogP contribution in [-0.2, 0) is 14.3 Å². The van der Waals surface area contributed by atoms with E-state index in [-0.39, 0.29) is 24.1 Å². The Hall–Kier alpha value is -2.07. The number of methoxy groups -OCH3 is 1. The van der Waals surface area contributed by atoms with Crippen molar-refractivity contribution >= 4 is 12.0 Å². The summed E-state index contributed by atoms with van der Waals surface area (Å²) in [6, 6.07) is 2.04. The molecule has 0 saturated carbocycles. The van der Waals surface area contributed by atoms with Gasteiger partial charge in [0.15, 0.2) is 0 Å². The van der Waals surface area contributed by atoms with Crippen molar-refractivity contribution in [3.63, 3.8) is 0 Å². The molecule has 3 unspecified atom stereocenters. The molecule has 0 N–H and O–H groups in total. The van der Waals surface area contributed by atoms with E-state index in [4.69, 9.17) is 13.9 Å². The zero-order chi connectivity index (χ0) is 18.1. The van der Waals surface area contributed by atoms with E-state index in [9.17, 15) is 4.79 Å². The summed E-state index contributed by atoms with van der Waals surface area (Å²) in [5.74, 6) is 1.52. The lowest BCUT2D eigenvalue weighted by atomic mass is 9.86. The van der Waals surface area contributed by atoms with Gasteiger partial charge >= 0.3 is 5.97 Å². The molecule has 0 fully saturated rings. The second-order valence-electron chi connectivity index (χ2n) is 7.17. The third kappa shape index (κ3) is 3.64. The fourth-order valence-corrected chi connectivity index (χ4v) is 3.74. The molecule has 4 heteroatoms. The lowest BCUT2D eigenvalue weighted by molar-refractivity contribution is -0.139. The number of hydrogen-bond acceptors (Lipinski definition) is 4. The monoisotopic (exact) mass is 342 g/mol. The Labute approximate surface area is 149 Å². The van der Waals surface area contributed by atoms with E-state index < -0.39 is 0 Å². The van der Waals surface area contributed by atoms with Gasteiger partial charge in [0.2, 0.25) is 0 Å². The van der Waals surface area contributed by atoms with Crippen molar-refractivity contribution in [1.29, 1.82) is 0 Å². The molecule has 3 heterocycles. The Bertz CT molecular complexity index is 750. The van der Waals surface area contributed by atoms with Gasteiger partial charge in [0.25, 0.3) is 0 Å². The van der Waals surface area contributed by atoms with E-state index >= 15 is 0 Å². The lowest BCUT2D eigenvalue weighted by Crippen LogP contribution is -2.17. The molecule has 0 radical (unpaired) electrons. The predicted molar refractivity (Wildman–Crippen MR) is 97.0 cm³/mol. The first-order chi connectivity index (χ1) is 11.9. The molecular weight excluding hydrogens is 316 g/mol. The number of hydrogen-bond donors (Lipinski definition) is 0. The minimum Gasteiger partial charge on any atom is -0.459 e. The number of aryl methyl sites for hydroxylation is 1. The van der Waals surface area contributed by atoms with Gasteiger partial charge in [-0.3, -0.25) is 0 Å². The zero-order valence-electron chi connectivity index (χ0n) is 15.4. The van der Waals surface area contributed by atoms with Gasteiger partial charge in [-0.25, -0.2) is 4.79 Å². The van der Waals surface area contributed by atoms with E-state index in [1.165, 1.54) is 0 Å². The highest BCUT2D eigenvalue weighted by Crippen LogP contribution is 2.38. The van der Waals surface area contributed by atoms with Crippen LogP contribution in [-0.4, -0.2) is 19.2 Å². The number of carbonyl (C=O) groups is 1. The van der Waals surface area contributed by atoms with Gasteiger partial charge in [0.1, 0.15) is 23.7 Å². The average Bonchev–Trinajstić information content (AvgIpc) is 3.05. The smallest absolute Gasteiger partial charge is 0.334 e. The van der Waals surface area contributed by atoms with Gasteiger partial charge in [-0.05, 0) is 57.4 Å². The molecule has 1 aromatic rings. The molecule has 3 rings (SSSR count). The molecule has 0 aromatic carbocycles. The number of furan rings is 1. The fourth-order valence-electron chi connectivity index (χ4n) is 3.74. The van der Waals surface area contributed by atoms with Crippen LogP contribution in [0.1, 0.15) is 56.3 Å². The first-order valence-corrected chi connectivity index (χ1v) is 8.76. The first kappa shape index (κ1) is 17.7. The van der Waals surface area contributed by atoms with Crippen molar-refractivity contribution < 1.29 is 18.7 Å². The zero-order valence-corrected chi connectivity index (χ0v) is 15.4. The van der Waals surface area contributed by atoms with Crippen LogP contribution in [0.3, 0.4) is 0 Å². The standard InChI is InChI=1S/C21H26O4/c1-12(2)18-7-6-15-11-17(25-21(15)22)9-13(3)8-16-10-14(4)19(24-16)20(18)23-5/h8,10-11,17-18,20H,1,6-7,9H2,2-5H3/b13-8-. The molecule has 3 atom stereocenters. The van der Waals surface area contributed by atoms with Crippen molar-refractivity contribution in [2.24, 2.45) is 5.92 Å². The van der Waals surface area contributed by atoms with E-state index in [2.05, 4.69) is 6.58 Å². The minimum atomic E-state index is -0.213. The van der Waals surface area contributed by atoms with Crippen LogP contribution in [0.25, 0.3) is 6.08 Å². The maximum Gasteiger partial charge on any atom is 0.334 e. The van der Waals surface area contributed by atoms with Gasteiger partial charge in [-0.2, -0.15) is 0 Å². The van der Waals surface area contributed by atoms with Crippen molar-refractivity contribution in [3.8, 4) is 0 Å². The summed E-state index contributed by atoms with van der Waals surface area (Å²) in [7, 11) is 1.69. The first-order valence-electron chi connectivity index (χ1n) is 8.76. The normalized spacial score (nSPS) is 28.8. The van der Waals surface area contributed by atoms with Crippen LogP contribution < -0.4 is 0 Å². The van der Waals surface area contributed by atoms with Crippen LogP contribution in [0.15, 0.2) is 39.9 Å². The number of ether oxygens (including phenoxy) is 2. The summed E-state index contributed by atoms with van der Waals surface area (Å²) in [5.41, 5.74) is 3.97. The number of fused-ring (bicyclic) bond motifs is 3. The fraction of sp³-hybridized carbons (Fsp3) is 0.476. The summed E-state index contributed by atoms with van der Waals surface area (Å²) in [6.45, 7) is 10.2. The Morgan fingerprint density at radius 2 is 2.12 bits per heavy atom. The molecule has 1 aromatic heterocycles. The van der Waals surface area contributed by atoms with Crippen LogP contribution in [0.4, 0.5) is 0 Å². The highest BCUT2D eigenvalue weighted by atomic mass is 16.5. The van der Waals surface area contributed by atoms with Gasteiger partial charge in [-0.15, -0.1) is 0 Å². The largest absolute Gasteiger partial charge is 0.459 e. The predicted octanol–water partition coefficient (Wildman–Crippen LogP) is 4.91. The van der Waals surface area contributed by atoms with E-state index in [1.807, 2.05) is 39.0 Å². The molecule has 2 aliphatic heterocycles. The Kier molecular flexibility index (Phi) is 5.00. The van der Waals surface area contributed by atoms with Crippen molar-refractivity contribution in [3.05, 3.63) is 52.5 Å². The quantitative estimate of drug-likeness (QED) is 0.566. The van der Waals surface area contributed by atoms with Crippen LogP contribution in [0, 0.1) is 12.8 Å². The van der Waals surface area contributed by atoms with Crippen LogP contribution >= 0.6 is 0 Å². The van der Waals surface area contributed by atoms with E-state index in [0.717, 1.165) is 40.2 Å². The highest BCUT2D eigenvalue weighted by Gasteiger charge is 2.31. The number of rotatable bonds is 2. The molecule has 2 aliphatic rings. The van der Waals surface area contributed by atoms with Crippen LogP contribution in [0.5, 0.6) is 0 Å². The van der Waals surface area contributed by atoms with Crippen LogP contribution in [0.2, 0.25) is 0 Å². The van der Waals surface area contributed by atoms with Gasteiger partial charge in [0, 0.05) is 25.0 Å². The number of carbonyl (C=O) groups excluding carboxylic acids is 1. The molecule has 4 nitrogen and oxygen atoms in total. The Morgan fingerprint density at radius 1 is 1.36 bits per heavy atom. The molecule has 0 aliphatic carbocycles. The minimum absolute atomic E-state index is 0.0706. The lowest BCUT2D eigenvalue weighted by Gasteiger charge is -2.25. The molecular formula is C21H26O4. The molecule has 0 spiro atoms. The second-order valence-corrected chi connectivity index (χ2v) is 7.17. The van der Waals surface area contributed by atoms with E-state index in [0.29, 0.717) is 12.8 Å². The topological polar surface area (TPSA) is 48.7 Å². The van der Waals surface area contributed by atoms with Crippen molar-refractivity contribution in [2.45, 2.75) is 52.2 Å². The maximum atomic E-state index is 12.1.